The molecule has 1 aliphatic rings. The molecule has 1 aliphatic heterocycles. The summed E-state index contributed by atoms with van der Waals surface area (Å²) in [6, 6.07) is 4.91. The summed E-state index contributed by atoms with van der Waals surface area (Å²) in [6.07, 6.45) is 0. The maximum Gasteiger partial charge on any atom is 0.299 e. The molecule has 1 aromatic carbocycles. The topological polar surface area (TPSA) is 37.4 Å². The van der Waals surface area contributed by atoms with Gasteiger partial charge in [0.25, 0.3) is 11.7 Å². The van der Waals surface area contributed by atoms with E-state index >= 15 is 0 Å². The van der Waals surface area contributed by atoms with E-state index in [1.54, 1.807) is 12.1 Å². The second kappa shape index (κ2) is 3.10. The molecule has 0 fully saturated rings. The molecule has 0 spiro atoms. The van der Waals surface area contributed by atoms with Gasteiger partial charge in [-0.1, -0.05) is 11.6 Å². The van der Waals surface area contributed by atoms with Crippen LogP contribution in [0, 0.1) is 0 Å². The monoisotopic (exact) mass is 209 g/mol. The first-order valence-corrected chi connectivity index (χ1v) is 4.68. The largest absolute Gasteiger partial charge is 0.305 e. The summed E-state index contributed by atoms with van der Waals surface area (Å²) >= 11 is 5.75. The molecule has 4 heteroatoms. The molecule has 1 amide bonds. The van der Waals surface area contributed by atoms with Gasteiger partial charge >= 0.3 is 0 Å². The number of amides is 1. The van der Waals surface area contributed by atoms with E-state index in [1.807, 2.05) is 6.92 Å². The summed E-state index contributed by atoms with van der Waals surface area (Å²) in [7, 11) is 0. The molecule has 0 saturated heterocycles. The summed E-state index contributed by atoms with van der Waals surface area (Å²) < 4.78 is 0. The van der Waals surface area contributed by atoms with Gasteiger partial charge in [-0.15, -0.1) is 0 Å². The lowest BCUT2D eigenvalue weighted by molar-refractivity contribution is -0.114. The van der Waals surface area contributed by atoms with E-state index in [0.717, 1.165) is 0 Å². The maximum atomic E-state index is 11.5. The van der Waals surface area contributed by atoms with Gasteiger partial charge in [0.2, 0.25) is 0 Å². The quantitative estimate of drug-likeness (QED) is 0.663. The second-order valence-electron chi connectivity index (χ2n) is 3.04. The fourth-order valence-electron chi connectivity index (χ4n) is 1.59. The van der Waals surface area contributed by atoms with E-state index in [1.165, 1.54) is 11.0 Å². The number of fused-ring (bicyclic) bond motifs is 1. The molecule has 14 heavy (non-hydrogen) atoms. The molecule has 0 N–H and O–H groups in total. The molecule has 3 nitrogen and oxygen atoms in total. The number of rotatable bonds is 1. The Morgan fingerprint density at radius 2 is 2.07 bits per heavy atom. The summed E-state index contributed by atoms with van der Waals surface area (Å²) in [5, 5.41) is 0.475. The van der Waals surface area contributed by atoms with Gasteiger partial charge in [-0.25, -0.2) is 0 Å². The van der Waals surface area contributed by atoms with E-state index in [4.69, 9.17) is 11.6 Å². The van der Waals surface area contributed by atoms with Gasteiger partial charge in [0.15, 0.2) is 0 Å². The lowest BCUT2D eigenvalue weighted by Gasteiger charge is -2.12. The van der Waals surface area contributed by atoms with Crippen molar-refractivity contribution in [2.24, 2.45) is 0 Å². The molecular formula is C10H8ClNO2. The average molecular weight is 210 g/mol. The van der Waals surface area contributed by atoms with Gasteiger partial charge in [0.05, 0.1) is 11.3 Å². The van der Waals surface area contributed by atoms with Gasteiger partial charge in [0, 0.05) is 11.6 Å². The number of halogens is 1. The Kier molecular flexibility index (Phi) is 2.04. The predicted octanol–water partition coefficient (Wildman–Crippen LogP) is 1.89. The summed E-state index contributed by atoms with van der Waals surface area (Å²) in [6.45, 7) is 2.33. The third-order valence-corrected chi connectivity index (χ3v) is 2.48. The molecule has 1 heterocycles. The zero-order valence-corrected chi connectivity index (χ0v) is 8.34. The van der Waals surface area contributed by atoms with Crippen molar-refractivity contribution in [3.8, 4) is 0 Å². The third-order valence-electron chi connectivity index (χ3n) is 2.25. The highest BCUT2D eigenvalue weighted by Crippen LogP contribution is 2.30. The Bertz CT molecular complexity index is 428. The number of likely N-dealkylation sites (N-methyl/N-ethyl adjacent to an activating group) is 1. The fraction of sp³-hybridized carbons (Fsp3) is 0.200. The van der Waals surface area contributed by atoms with Gasteiger partial charge in [-0.2, -0.15) is 0 Å². The molecule has 0 bridgehead atoms. The lowest BCUT2D eigenvalue weighted by Crippen LogP contribution is -2.29. The number of ketones is 1. The Morgan fingerprint density at radius 1 is 1.36 bits per heavy atom. The van der Waals surface area contributed by atoms with E-state index in [-0.39, 0.29) is 0 Å². The van der Waals surface area contributed by atoms with Crippen molar-refractivity contribution >= 4 is 29.0 Å². The molecular weight excluding hydrogens is 202 g/mol. The first-order valence-electron chi connectivity index (χ1n) is 4.31. The number of Topliss-reactive ketones (excluding diaryl/α,β-unsaturated/α-hetero) is 1. The number of benzene rings is 1. The first-order chi connectivity index (χ1) is 6.65. The number of hydrogen-bond acceptors (Lipinski definition) is 2. The number of hydrogen-bond donors (Lipinski definition) is 0. The van der Waals surface area contributed by atoms with E-state index in [9.17, 15) is 9.59 Å². The highest BCUT2D eigenvalue weighted by molar-refractivity contribution is 6.52. The number of anilines is 1. The van der Waals surface area contributed by atoms with Crippen molar-refractivity contribution in [2.75, 3.05) is 11.4 Å². The van der Waals surface area contributed by atoms with Gasteiger partial charge in [0.1, 0.15) is 0 Å². The Labute approximate surface area is 86.3 Å². The molecule has 0 saturated carbocycles. The standard InChI is InChI=1S/C10H8ClNO2/c1-2-12-8-4-3-6(11)5-7(8)9(13)10(12)14/h3-5H,2H2,1H3. The molecule has 72 valence electrons. The first kappa shape index (κ1) is 9.21. The van der Waals surface area contributed by atoms with Crippen LogP contribution in [0.1, 0.15) is 17.3 Å². The van der Waals surface area contributed by atoms with Crippen LogP contribution in [-0.2, 0) is 4.79 Å². The zero-order valence-electron chi connectivity index (χ0n) is 7.58. The minimum atomic E-state index is -0.468. The second-order valence-corrected chi connectivity index (χ2v) is 3.48. The van der Waals surface area contributed by atoms with Crippen molar-refractivity contribution in [2.45, 2.75) is 6.92 Å². The third kappa shape index (κ3) is 1.13. The highest BCUT2D eigenvalue weighted by atomic mass is 35.5. The lowest BCUT2D eigenvalue weighted by atomic mass is 10.1. The minimum absolute atomic E-state index is 0.407. The van der Waals surface area contributed by atoms with Crippen molar-refractivity contribution in [1.29, 1.82) is 0 Å². The van der Waals surface area contributed by atoms with Crippen LogP contribution in [0.4, 0.5) is 5.69 Å². The van der Waals surface area contributed by atoms with Gasteiger partial charge in [-0.3, -0.25) is 9.59 Å². The van der Waals surface area contributed by atoms with Gasteiger partial charge < -0.3 is 4.90 Å². The highest BCUT2D eigenvalue weighted by Gasteiger charge is 2.34. The van der Waals surface area contributed by atoms with Crippen LogP contribution in [0.25, 0.3) is 0 Å². The number of carbonyl (C=O) groups is 2. The van der Waals surface area contributed by atoms with Crippen LogP contribution in [0.5, 0.6) is 0 Å². The fourth-order valence-corrected chi connectivity index (χ4v) is 1.76. The maximum absolute atomic E-state index is 11.5. The molecule has 0 aliphatic carbocycles. The zero-order chi connectivity index (χ0) is 10.3. The normalized spacial score (nSPS) is 14.9. The van der Waals surface area contributed by atoms with E-state index in [2.05, 4.69) is 0 Å². The predicted molar refractivity (Wildman–Crippen MR) is 53.8 cm³/mol. The molecule has 0 aromatic heterocycles. The van der Waals surface area contributed by atoms with E-state index in [0.29, 0.717) is 22.8 Å². The van der Waals surface area contributed by atoms with Crippen LogP contribution < -0.4 is 4.90 Å². The smallest absolute Gasteiger partial charge is 0.299 e. The Morgan fingerprint density at radius 3 is 2.71 bits per heavy atom. The Hall–Kier alpha value is -1.35. The minimum Gasteiger partial charge on any atom is -0.305 e. The average Bonchev–Trinajstić information content (AvgIpc) is 2.41. The van der Waals surface area contributed by atoms with Crippen molar-refractivity contribution in [3.05, 3.63) is 28.8 Å². The molecule has 0 unspecified atom stereocenters. The van der Waals surface area contributed by atoms with Crippen molar-refractivity contribution < 1.29 is 9.59 Å². The molecule has 0 radical (unpaired) electrons. The number of nitrogens with zero attached hydrogens (tertiary/aromatic N) is 1. The number of carbonyl (C=O) groups excluding carboxylic acids is 2. The van der Waals surface area contributed by atoms with Crippen LogP contribution in [0.3, 0.4) is 0 Å². The van der Waals surface area contributed by atoms with Crippen LogP contribution in [0.15, 0.2) is 18.2 Å². The van der Waals surface area contributed by atoms with Crippen molar-refractivity contribution in [1.82, 2.24) is 0 Å². The molecule has 0 atom stereocenters. The summed E-state index contributed by atoms with van der Waals surface area (Å²) in [4.78, 5) is 24.4. The summed E-state index contributed by atoms with van der Waals surface area (Å²) in [5.41, 5.74) is 1.07. The van der Waals surface area contributed by atoms with E-state index < -0.39 is 11.7 Å². The van der Waals surface area contributed by atoms with Crippen LogP contribution in [0.2, 0.25) is 5.02 Å². The van der Waals surface area contributed by atoms with Crippen LogP contribution in [-0.4, -0.2) is 18.2 Å². The van der Waals surface area contributed by atoms with Crippen molar-refractivity contribution in [3.63, 3.8) is 0 Å². The Balaban J connectivity index is 2.61. The van der Waals surface area contributed by atoms with Gasteiger partial charge in [-0.05, 0) is 25.1 Å². The molecule has 1 aromatic rings. The SMILES string of the molecule is CCN1C(=O)C(=O)c2cc(Cl)ccc21. The molecule has 2 rings (SSSR count). The van der Waals surface area contributed by atoms with Crippen LogP contribution >= 0.6 is 11.6 Å². The summed E-state index contributed by atoms with van der Waals surface area (Å²) in [5.74, 6) is -0.936.